The summed E-state index contributed by atoms with van der Waals surface area (Å²) in [6, 6.07) is 21.0. The molecule has 0 nitrogen and oxygen atoms in total. The summed E-state index contributed by atoms with van der Waals surface area (Å²) < 4.78 is 1.13. The van der Waals surface area contributed by atoms with E-state index < -0.39 is 0 Å². The molecule has 0 saturated carbocycles. The van der Waals surface area contributed by atoms with Crippen LogP contribution in [0.25, 0.3) is 32.3 Å². The fourth-order valence-corrected chi connectivity index (χ4v) is 3.63. The van der Waals surface area contributed by atoms with Gasteiger partial charge in [-0.05, 0) is 50.5 Å². The quantitative estimate of drug-likeness (QED) is 0.318. The van der Waals surface area contributed by atoms with Crippen molar-refractivity contribution >= 4 is 59.8 Å². The topological polar surface area (TPSA) is 0 Å². The van der Waals surface area contributed by atoms with Gasteiger partial charge >= 0.3 is 0 Å². The van der Waals surface area contributed by atoms with Gasteiger partial charge in [-0.25, -0.2) is 0 Å². The lowest BCUT2D eigenvalue weighted by Gasteiger charge is -2.10. The van der Waals surface area contributed by atoms with E-state index in [0.717, 1.165) is 9.50 Å². The van der Waals surface area contributed by atoms with Crippen LogP contribution in [-0.4, -0.2) is 0 Å². The van der Waals surface area contributed by atoms with E-state index in [9.17, 15) is 0 Å². The predicted octanol–water partition coefficient (Wildman–Crippen LogP) is 6.56. The van der Waals surface area contributed by atoms with Crippen molar-refractivity contribution in [2.24, 2.45) is 0 Å². The average Bonchev–Trinajstić information content (AvgIpc) is 2.47. The van der Waals surface area contributed by atoms with Gasteiger partial charge in [0.05, 0.1) is 0 Å². The van der Waals surface area contributed by atoms with E-state index in [0.29, 0.717) is 0 Å². The van der Waals surface area contributed by atoms with Crippen molar-refractivity contribution in [3.63, 3.8) is 0 Å². The Morgan fingerprint density at radius 3 is 2.30 bits per heavy atom. The minimum atomic E-state index is 0.776. The van der Waals surface area contributed by atoms with Crippen molar-refractivity contribution in [3.8, 4) is 0 Å². The molecular formula is C18H10BrCl. The monoisotopic (exact) mass is 340 g/mol. The van der Waals surface area contributed by atoms with Crippen LogP contribution in [0.4, 0.5) is 0 Å². The van der Waals surface area contributed by atoms with Crippen LogP contribution in [-0.2, 0) is 0 Å². The van der Waals surface area contributed by atoms with Gasteiger partial charge in [-0.15, -0.1) is 0 Å². The minimum absolute atomic E-state index is 0.776. The Labute approximate surface area is 130 Å². The van der Waals surface area contributed by atoms with Crippen LogP contribution in [0.15, 0.2) is 65.1 Å². The Bertz CT molecular complexity index is 973. The summed E-state index contributed by atoms with van der Waals surface area (Å²) in [6.07, 6.45) is 0. The Balaban J connectivity index is 2.34. The summed E-state index contributed by atoms with van der Waals surface area (Å²) in [4.78, 5) is 0. The van der Waals surface area contributed by atoms with E-state index in [2.05, 4.69) is 64.5 Å². The summed E-state index contributed by atoms with van der Waals surface area (Å²) in [7, 11) is 0. The Morgan fingerprint density at radius 1 is 0.700 bits per heavy atom. The third-order valence-electron chi connectivity index (χ3n) is 3.75. The molecule has 2 heteroatoms. The molecule has 20 heavy (non-hydrogen) atoms. The van der Waals surface area contributed by atoms with E-state index >= 15 is 0 Å². The van der Waals surface area contributed by atoms with Crippen molar-refractivity contribution in [2.45, 2.75) is 0 Å². The summed E-state index contributed by atoms with van der Waals surface area (Å²) >= 11 is 9.78. The second-order valence-corrected chi connectivity index (χ2v) is 6.22. The van der Waals surface area contributed by atoms with Gasteiger partial charge in [0.2, 0.25) is 0 Å². The molecule has 0 heterocycles. The zero-order chi connectivity index (χ0) is 13.7. The highest BCUT2D eigenvalue weighted by Crippen LogP contribution is 2.36. The maximum Gasteiger partial charge on any atom is 0.0412 e. The van der Waals surface area contributed by atoms with Gasteiger partial charge in [0.1, 0.15) is 0 Å². The SMILES string of the molecule is Clc1ccc2c(ccc3cc(Br)c4ccccc4c32)c1. The van der Waals surface area contributed by atoms with Crippen LogP contribution in [0.5, 0.6) is 0 Å². The van der Waals surface area contributed by atoms with E-state index in [1.165, 1.54) is 32.3 Å². The number of hydrogen-bond donors (Lipinski definition) is 0. The number of benzene rings is 4. The van der Waals surface area contributed by atoms with Crippen LogP contribution in [0, 0.1) is 0 Å². The standard InChI is InChI=1S/C18H10BrCl/c19-17-10-12-6-5-11-9-13(20)7-8-14(11)18(12)16-4-2-1-3-15(16)17/h1-10H. The first kappa shape index (κ1) is 12.2. The molecule has 0 fully saturated rings. The number of hydrogen-bond acceptors (Lipinski definition) is 0. The molecule has 0 bridgehead atoms. The third kappa shape index (κ3) is 1.74. The van der Waals surface area contributed by atoms with E-state index in [1.807, 2.05) is 12.1 Å². The molecule has 0 aliphatic rings. The molecule has 0 aromatic heterocycles. The smallest absolute Gasteiger partial charge is 0.0412 e. The molecule has 0 aliphatic carbocycles. The van der Waals surface area contributed by atoms with Gasteiger partial charge < -0.3 is 0 Å². The molecular weight excluding hydrogens is 332 g/mol. The third-order valence-corrected chi connectivity index (χ3v) is 4.64. The lowest BCUT2D eigenvalue weighted by Crippen LogP contribution is -1.82. The molecule has 0 atom stereocenters. The molecule has 0 aliphatic heterocycles. The van der Waals surface area contributed by atoms with Gasteiger partial charge in [-0.1, -0.05) is 70.0 Å². The normalized spacial score (nSPS) is 11.5. The van der Waals surface area contributed by atoms with E-state index in [4.69, 9.17) is 11.6 Å². The first-order valence-electron chi connectivity index (χ1n) is 6.43. The maximum absolute atomic E-state index is 6.11. The number of rotatable bonds is 0. The van der Waals surface area contributed by atoms with Crippen molar-refractivity contribution in [1.29, 1.82) is 0 Å². The second-order valence-electron chi connectivity index (χ2n) is 4.93. The largest absolute Gasteiger partial charge is 0.0843 e. The fraction of sp³-hybridized carbons (Fsp3) is 0. The molecule has 0 unspecified atom stereocenters. The van der Waals surface area contributed by atoms with Crippen molar-refractivity contribution < 1.29 is 0 Å². The van der Waals surface area contributed by atoms with Crippen molar-refractivity contribution in [3.05, 3.63) is 70.2 Å². The molecule has 0 amide bonds. The number of fused-ring (bicyclic) bond motifs is 5. The number of halogens is 2. The second kappa shape index (κ2) is 4.47. The zero-order valence-corrected chi connectivity index (χ0v) is 12.9. The summed E-state index contributed by atoms with van der Waals surface area (Å²) in [5, 5.41) is 8.24. The molecule has 0 N–H and O–H groups in total. The molecule has 0 spiro atoms. The first-order valence-corrected chi connectivity index (χ1v) is 7.60. The predicted molar refractivity (Wildman–Crippen MR) is 91.7 cm³/mol. The minimum Gasteiger partial charge on any atom is -0.0843 e. The highest BCUT2D eigenvalue weighted by Gasteiger charge is 2.08. The van der Waals surface area contributed by atoms with Crippen LogP contribution in [0.2, 0.25) is 5.02 Å². The Morgan fingerprint density at radius 2 is 1.45 bits per heavy atom. The average molecular weight is 342 g/mol. The molecule has 4 aromatic rings. The molecule has 0 radical (unpaired) electrons. The van der Waals surface area contributed by atoms with Gasteiger partial charge in [0, 0.05) is 9.50 Å². The summed E-state index contributed by atoms with van der Waals surface area (Å²) in [5.74, 6) is 0. The highest BCUT2D eigenvalue weighted by molar-refractivity contribution is 9.10. The molecule has 4 rings (SSSR count). The van der Waals surface area contributed by atoms with Crippen LogP contribution < -0.4 is 0 Å². The van der Waals surface area contributed by atoms with Gasteiger partial charge in [0.15, 0.2) is 0 Å². The zero-order valence-electron chi connectivity index (χ0n) is 10.5. The molecule has 96 valence electrons. The van der Waals surface area contributed by atoms with Crippen molar-refractivity contribution in [2.75, 3.05) is 0 Å². The van der Waals surface area contributed by atoms with Gasteiger partial charge in [0.25, 0.3) is 0 Å². The van der Waals surface area contributed by atoms with Gasteiger partial charge in [-0.3, -0.25) is 0 Å². The van der Waals surface area contributed by atoms with Crippen molar-refractivity contribution in [1.82, 2.24) is 0 Å². The summed E-state index contributed by atoms with van der Waals surface area (Å²) in [6.45, 7) is 0. The van der Waals surface area contributed by atoms with Gasteiger partial charge in [-0.2, -0.15) is 0 Å². The van der Waals surface area contributed by atoms with Crippen LogP contribution in [0.3, 0.4) is 0 Å². The Hall–Kier alpha value is -1.57. The van der Waals surface area contributed by atoms with Crippen LogP contribution in [0.1, 0.15) is 0 Å². The lowest BCUT2D eigenvalue weighted by atomic mass is 9.96. The van der Waals surface area contributed by atoms with Crippen LogP contribution >= 0.6 is 27.5 Å². The maximum atomic E-state index is 6.11. The summed E-state index contributed by atoms with van der Waals surface area (Å²) in [5.41, 5.74) is 0. The first-order chi connectivity index (χ1) is 9.74. The highest BCUT2D eigenvalue weighted by atomic mass is 79.9. The lowest BCUT2D eigenvalue weighted by molar-refractivity contribution is 1.75. The fourth-order valence-electron chi connectivity index (χ4n) is 2.86. The molecule has 4 aromatic carbocycles. The van der Waals surface area contributed by atoms with E-state index in [1.54, 1.807) is 0 Å². The Kier molecular flexibility index (Phi) is 2.73. The molecule has 0 saturated heterocycles. The van der Waals surface area contributed by atoms with E-state index in [-0.39, 0.29) is 0 Å².